The molecule has 3 heteroatoms. The molecular weight excluding hydrogens is 234 g/mol. The molecule has 0 fully saturated rings. The summed E-state index contributed by atoms with van der Waals surface area (Å²) >= 11 is 0. The van der Waals surface area contributed by atoms with Crippen molar-refractivity contribution in [2.75, 3.05) is 5.73 Å². The Hall–Kier alpha value is -2.42. The van der Waals surface area contributed by atoms with Crippen molar-refractivity contribution in [3.8, 4) is 11.1 Å². The van der Waals surface area contributed by atoms with E-state index in [0.717, 1.165) is 22.0 Å². The second-order valence-electron chi connectivity index (χ2n) is 4.76. The number of benzene rings is 2. The van der Waals surface area contributed by atoms with Gasteiger partial charge in [0, 0.05) is 0 Å². The molecule has 0 aliphatic heterocycles. The summed E-state index contributed by atoms with van der Waals surface area (Å²) in [5.74, 6) is 0.527. The van der Waals surface area contributed by atoms with Crippen molar-refractivity contribution in [2.24, 2.45) is 0 Å². The maximum absolute atomic E-state index is 6.01. The van der Waals surface area contributed by atoms with E-state index in [2.05, 4.69) is 48.1 Å². The Bertz CT molecular complexity index is 758. The number of nitrogen functional groups attached to an aromatic ring is 1. The van der Waals surface area contributed by atoms with Crippen LogP contribution in [0.1, 0.15) is 11.1 Å². The minimum atomic E-state index is 0.527. The number of nitrogens with zero attached hydrogens (tertiary/aromatic N) is 2. The first-order valence-electron chi connectivity index (χ1n) is 6.23. The number of nitrogens with two attached hydrogens (primary N) is 1. The molecule has 0 aliphatic carbocycles. The predicted molar refractivity (Wildman–Crippen MR) is 78.9 cm³/mol. The lowest BCUT2D eigenvalue weighted by Gasteiger charge is -2.09. The molecule has 0 saturated heterocycles. The number of aryl methyl sites for hydroxylation is 2. The standard InChI is InChI=1S/C16H15N3/c1-10-6-7-12(8-11(10)2)13-4-3-5-14-15(13)16(17)19-9-18-14/h3-9H,1-2H3,(H2,17,18,19). The average molecular weight is 249 g/mol. The molecule has 2 N–H and O–H groups in total. The van der Waals surface area contributed by atoms with Gasteiger partial charge in [0.1, 0.15) is 12.1 Å². The molecule has 0 amide bonds. The summed E-state index contributed by atoms with van der Waals surface area (Å²) in [7, 11) is 0. The summed E-state index contributed by atoms with van der Waals surface area (Å²) in [6, 6.07) is 12.4. The summed E-state index contributed by atoms with van der Waals surface area (Å²) < 4.78 is 0. The third-order valence-corrected chi connectivity index (χ3v) is 3.51. The Balaban J connectivity index is 2.33. The first-order valence-corrected chi connectivity index (χ1v) is 6.23. The summed E-state index contributed by atoms with van der Waals surface area (Å²) in [4.78, 5) is 8.38. The van der Waals surface area contributed by atoms with E-state index < -0.39 is 0 Å². The molecule has 0 unspecified atom stereocenters. The van der Waals surface area contributed by atoms with E-state index in [1.54, 1.807) is 0 Å². The molecule has 0 radical (unpaired) electrons. The van der Waals surface area contributed by atoms with Crippen molar-refractivity contribution in [3.05, 3.63) is 53.9 Å². The van der Waals surface area contributed by atoms with E-state index >= 15 is 0 Å². The second kappa shape index (κ2) is 4.35. The van der Waals surface area contributed by atoms with Crippen molar-refractivity contribution >= 4 is 16.7 Å². The fourth-order valence-corrected chi connectivity index (χ4v) is 2.28. The first-order chi connectivity index (χ1) is 9.16. The van der Waals surface area contributed by atoms with Gasteiger partial charge in [0.25, 0.3) is 0 Å². The molecule has 0 aliphatic rings. The molecule has 0 bridgehead atoms. The van der Waals surface area contributed by atoms with Crippen LogP contribution in [0.5, 0.6) is 0 Å². The van der Waals surface area contributed by atoms with E-state index in [1.807, 2.05) is 12.1 Å². The Kier molecular flexibility index (Phi) is 2.67. The molecule has 1 aromatic heterocycles. The van der Waals surface area contributed by atoms with Gasteiger partial charge in [-0.3, -0.25) is 0 Å². The number of aromatic nitrogens is 2. The SMILES string of the molecule is Cc1ccc(-c2cccc3ncnc(N)c23)cc1C. The molecule has 0 atom stereocenters. The maximum atomic E-state index is 6.01. The van der Waals surface area contributed by atoms with Crippen molar-refractivity contribution in [3.63, 3.8) is 0 Å². The lowest BCUT2D eigenvalue weighted by Crippen LogP contribution is -1.95. The number of fused-ring (bicyclic) bond motifs is 1. The van der Waals surface area contributed by atoms with E-state index in [4.69, 9.17) is 5.73 Å². The molecule has 0 spiro atoms. The van der Waals surface area contributed by atoms with Gasteiger partial charge >= 0.3 is 0 Å². The second-order valence-corrected chi connectivity index (χ2v) is 4.76. The van der Waals surface area contributed by atoms with E-state index in [1.165, 1.54) is 17.5 Å². The average Bonchev–Trinajstić information content (AvgIpc) is 2.42. The largest absolute Gasteiger partial charge is 0.383 e. The molecule has 0 saturated carbocycles. The van der Waals surface area contributed by atoms with Crippen LogP contribution in [0.15, 0.2) is 42.7 Å². The molecule has 3 aromatic rings. The molecule has 1 heterocycles. The maximum Gasteiger partial charge on any atom is 0.135 e. The van der Waals surface area contributed by atoms with Gasteiger partial charge in [-0.2, -0.15) is 0 Å². The summed E-state index contributed by atoms with van der Waals surface area (Å²) in [6.45, 7) is 4.23. The van der Waals surface area contributed by atoms with Crippen LogP contribution < -0.4 is 5.73 Å². The van der Waals surface area contributed by atoms with Gasteiger partial charge in [0.15, 0.2) is 0 Å². The molecule has 3 nitrogen and oxygen atoms in total. The molecule has 3 rings (SSSR count). The lowest BCUT2D eigenvalue weighted by atomic mass is 9.97. The highest BCUT2D eigenvalue weighted by atomic mass is 14.9. The topological polar surface area (TPSA) is 51.8 Å². The zero-order chi connectivity index (χ0) is 13.4. The normalized spacial score (nSPS) is 10.8. The van der Waals surface area contributed by atoms with Gasteiger partial charge < -0.3 is 5.73 Å². The zero-order valence-electron chi connectivity index (χ0n) is 11.0. The third kappa shape index (κ3) is 1.93. The van der Waals surface area contributed by atoms with Gasteiger partial charge in [0.05, 0.1) is 10.9 Å². The highest BCUT2D eigenvalue weighted by Crippen LogP contribution is 2.31. The Labute approximate surface area is 112 Å². The number of anilines is 1. The van der Waals surface area contributed by atoms with Crippen molar-refractivity contribution in [1.82, 2.24) is 9.97 Å². The lowest BCUT2D eigenvalue weighted by molar-refractivity contribution is 1.23. The van der Waals surface area contributed by atoms with Crippen LogP contribution >= 0.6 is 0 Å². The smallest absolute Gasteiger partial charge is 0.135 e. The molecular formula is C16H15N3. The first kappa shape index (κ1) is 11.7. The quantitative estimate of drug-likeness (QED) is 0.718. The van der Waals surface area contributed by atoms with Crippen LogP contribution in [0.25, 0.3) is 22.0 Å². The van der Waals surface area contributed by atoms with Crippen LogP contribution in [0, 0.1) is 13.8 Å². The Morgan fingerprint density at radius 3 is 2.58 bits per heavy atom. The summed E-state index contributed by atoms with van der Waals surface area (Å²) in [5, 5.41) is 0.924. The molecule has 2 aromatic carbocycles. The van der Waals surface area contributed by atoms with Crippen LogP contribution in [-0.4, -0.2) is 9.97 Å². The van der Waals surface area contributed by atoms with E-state index in [-0.39, 0.29) is 0 Å². The highest BCUT2D eigenvalue weighted by molar-refractivity contribution is 6.00. The minimum Gasteiger partial charge on any atom is -0.383 e. The number of rotatable bonds is 1. The van der Waals surface area contributed by atoms with Crippen molar-refractivity contribution < 1.29 is 0 Å². The van der Waals surface area contributed by atoms with E-state index in [9.17, 15) is 0 Å². The Morgan fingerprint density at radius 2 is 1.79 bits per heavy atom. The Morgan fingerprint density at radius 1 is 0.947 bits per heavy atom. The zero-order valence-corrected chi connectivity index (χ0v) is 11.0. The fraction of sp³-hybridized carbons (Fsp3) is 0.125. The molecule has 94 valence electrons. The van der Waals surface area contributed by atoms with Gasteiger partial charge in [-0.1, -0.05) is 30.3 Å². The number of hydrogen-bond acceptors (Lipinski definition) is 3. The van der Waals surface area contributed by atoms with Crippen LogP contribution in [0.2, 0.25) is 0 Å². The monoisotopic (exact) mass is 249 g/mol. The molecule has 19 heavy (non-hydrogen) atoms. The fourth-order valence-electron chi connectivity index (χ4n) is 2.28. The van der Waals surface area contributed by atoms with Gasteiger partial charge in [0.2, 0.25) is 0 Å². The van der Waals surface area contributed by atoms with Crippen molar-refractivity contribution in [1.29, 1.82) is 0 Å². The van der Waals surface area contributed by atoms with Crippen molar-refractivity contribution in [2.45, 2.75) is 13.8 Å². The van der Waals surface area contributed by atoms with Crippen LogP contribution in [0.4, 0.5) is 5.82 Å². The summed E-state index contributed by atoms with van der Waals surface area (Å²) in [5.41, 5.74) is 11.7. The van der Waals surface area contributed by atoms with Gasteiger partial charge in [-0.15, -0.1) is 0 Å². The van der Waals surface area contributed by atoms with Crippen LogP contribution in [0.3, 0.4) is 0 Å². The predicted octanol–water partition coefficient (Wildman–Crippen LogP) is 3.50. The minimum absolute atomic E-state index is 0.527. The third-order valence-electron chi connectivity index (χ3n) is 3.51. The highest BCUT2D eigenvalue weighted by Gasteiger charge is 2.08. The van der Waals surface area contributed by atoms with Gasteiger partial charge in [-0.05, 0) is 42.2 Å². The van der Waals surface area contributed by atoms with Gasteiger partial charge in [-0.25, -0.2) is 9.97 Å². The van der Waals surface area contributed by atoms with Crippen LogP contribution in [-0.2, 0) is 0 Å². The van der Waals surface area contributed by atoms with E-state index in [0.29, 0.717) is 5.82 Å². The number of hydrogen-bond donors (Lipinski definition) is 1. The summed E-state index contributed by atoms with van der Waals surface area (Å²) in [6.07, 6.45) is 1.50.